The van der Waals surface area contributed by atoms with E-state index in [0.29, 0.717) is 29.5 Å². The molecule has 0 aromatic heterocycles. The Morgan fingerprint density at radius 3 is 2.33 bits per heavy atom. The van der Waals surface area contributed by atoms with Crippen LogP contribution in [0.1, 0.15) is 41.3 Å². The summed E-state index contributed by atoms with van der Waals surface area (Å²) in [5, 5.41) is 5.65. The van der Waals surface area contributed by atoms with Crippen LogP contribution in [0, 0.1) is 0 Å². The van der Waals surface area contributed by atoms with Crippen molar-refractivity contribution in [3.8, 4) is 5.75 Å². The zero-order chi connectivity index (χ0) is 21.3. The normalized spacial score (nSPS) is 10.5. The summed E-state index contributed by atoms with van der Waals surface area (Å²) in [4.78, 5) is 24.6. The minimum absolute atomic E-state index is 0.106. The van der Waals surface area contributed by atoms with Gasteiger partial charge in [-0.1, -0.05) is 62.4 Å². The first kappa shape index (κ1) is 21.1. The van der Waals surface area contributed by atoms with E-state index in [4.69, 9.17) is 4.74 Å². The lowest BCUT2D eigenvalue weighted by atomic mass is 10.0. The third-order valence-corrected chi connectivity index (χ3v) is 4.62. The Morgan fingerprint density at radius 1 is 0.900 bits per heavy atom. The summed E-state index contributed by atoms with van der Waals surface area (Å²) in [7, 11) is 0. The van der Waals surface area contributed by atoms with Gasteiger partial charge in [-0.2, -0.15) is 0 Å². The van der Waals surface area contributed by atoms with Crippen LogP contribution in [0.4, 0.5) is 5.69 Å². The molecule has 0 unspecified atom stereocenters. The second-order valence-electron chi connectivity index (χ2n) is 7.31. The van der Waals surface area contributed by atoms with Gasteiger partial charge in [-0.25, -0.2) is 0 Å². The average Bonchev–Trinajstić information content (AvgIpc) is 2.77. The van der Waals surface area contributed by atoms with Crippen LogP contribution in [-0.4, -0.2) is 18.4 Å². The van der Waals surface area contributed by atoms with Crippen molar-refractivity contribution in [2.75, 3.05) is 11.9 Å². The van der Waals surface area contributed by atoms with Crippen LogP contribution < -0.4 is 15.4 Å². The first-order chi connectivity index (χ1) is 14.5. The predicted molar refractivity (Wildman–Crippen MR) is 119 cm³/mol. The topological polar surface area (TPSA) is 67.4 Å². The van der Waals surface area contributed by atoms with E-state index in [2.05, 4.69) is 24.5 Å². The molecular weight excluding hydrogens is 376 g/mol. The van der Waals surface area contributed by atoms with Gasteiger partial charge in [-0.05, 0) is 47.4 Å². The fraction of sp³-hybridized carbons (Fsp3) is 0.200. The first-order valence-corrected chi connectivity index (χ1v) is 9.96. The van der Waals surface area contributed by atoms with E-state index in [1.807, 2.05) is 54.6 Å². The molecule has 0 aliphatic rings. The molecular formula is C25H26N2O3. The minimum Gasteiger partial charge on any atom is -0.484 e. The standard InChI is InChI=1S/C25H26N2O3/c1-18(2)20-11-13-23(14-12-20)30-17-24(28)27-22-10-6-9-21(15-22)25(29)26-16-19-7-4-3-5-8-19/h3-15,18H,16-17H2,1-2H3,(H,26,29)(H,27,28). The highest BCUT2D eigenvalue weighted by Crippen LogP contribution is 2.18. The molecule has 2 amide bonds. The number of amides is 2. The van der Waals surface area contributed by atoms with E-state index in [0.717, 1.165) is 5.56 Å². The molecule has 0 aliphatic heterocycles. The van der Waals surface area contributed by atoms with Crippen LogP contribution in [0.2, 0.25) is 0 Å². The van der Waals surface area contributed by atoms with Crippen molar-refractivity contribution in [3.63, 3.8) is 0 Å². The largest absolute Gasteiger partial charge is 0.484 e. The maximum atomic E-state index is 12.4. The van der Waals surface area contributed by atoms with Gasteiger partial charge in [-0.3, -0.25) is 9.59 Å². The lowest BCUT2D eigenvalue weighted by molar-refractivity contribution is -0.118. The maximum Gasteiger partial charge on any atom is 0.262 e. The van der Waals surface area contributed by atoms with E-state index in [1.54, 1.807) is 24.3 Å². The van der Waals surface area contributed by atoms with Crippen molar-refractivity contribution in [2.45, 2.75) is 26.3 Å². The molecule has 0 atom stereocenters. The molecule has 0 aliphatic carbocycles. The Kier molecular flexibility index (Phi) is 7.22. The van der Waals surface area contributed by atoms with E-state index in [1.165, 1.54) is 5.56 Å². The van der Waals surface area contributed by atoms with Gasteiger partial charge in [0.2, 0.25) is 0 Å². The Balaban J connectivity index is 1.51. The second-order valence-corrected chi connectivity index (χ2v) is 7.31. The van der Waals surface area contributed by atoms with Gasteiger partial charge >= 0.3 is 0 Å². The number of carbonyl (C=O) groups is 2. The fourth-order valence-electron chi connectivity index (χ4n) is 2.91. The number of rotatable bonds is 8. The Morgan fingerprint density at radius 2 is 1.63 bits per heavy atom. The van der Waals surface area contributed by atoms with Gasteiger partial charge in [0.15, 0.2) is 6.61 Å². The van der Waals surface area contributed by atoms with Crippen molar-refractivity contribution in [2.24, 2.45) is 0 Å². The third-order valence-electron chi connectivity index (χ3n) is 4.62. The van der Waals surface area contributed by atoms with Crippen molar-refractivity contribution in [1.82, 2.24) is 5.32 Å². The van der Waals surface area contributed by atoms with E-state index in [-0.39, 0.29) is 18.4 Å². The molecule has 154 valence electrons. The quantitative estimate of drug-likeness (QED) is 0.571. The number of carbonyl (C=O) groups excluding carboxylic acids is 2. The summed E-state index contributed by atoms with van der Waals surface area (Å²) < 4.78 is 5.55. The number of hydrogen-bond donors (Lipinski definition) is 2. The molecule has 5 nitrogen and oxygen atoms in total. The molecule has 0 radical (unpaired) electrons. The number of hydrogen-bond acceptors (Lipinski definition) is 3. The van der Waals surface area contributed by atoms with Gasteiger partial charge in [0.1, 0.15) is 5.75 Å². The van der Waals surface area contributed by atoms with Crippen LogP contribution >= 0.6 is 0 Å². The monoisotopic (exact) mass is 402 g/mol. The highest BCUT2D eigenvalue weighted by molar-refractivity contribution is 5.97. The van der Waals surface area contributed by atoms with Gasteiger partial charge in [0, 0.05) is 17.8 Å². The summed E-state index contributed by atoms with van der Waals surface area (Å²) in [5.41, 5.74) is 3.27. The summed E-state index contributed by atoms with van der Waals surface area (Å²) in [5.74, 6) is 0.601. The lowest BCUT2D eigenvalue weighted by Crippen LogP contribution is -2.23. The van der Waals surface area contributed by atoms with Gasteiger partial charge in [0.25, 0.3) is 11.8 Å². The maximum absolute atomic E-state index is 12.4. The summed E-state index contributed by atoms with van der Waals surface area (Å²) >= 11 is 0. The lowest BCUT2D eigenvalue weighted by Gasteiger charge is -2.10. The van der Waals surface area contributed by atoms with E-state index in [9.17, 15) is 9.59 Å². The zero-order valence-corrected chi connectivity index (χ0v) is 17.2. The van der Waals surface area contributed by atoms with Crippen LogP contribution in [-0.2, 0) is 11.3 Å². The van der Waals surface area contributed by atoms with Crippen molar-refractivity contribution in [1.29, 1.82) is 0 Å². The zero-order valence-electron chi connectivity index (χ0n) is 17.2. The molecule has 0 fully saturated rings. The predicted octanol–water partition coefficient (Wildman–Crippen LogP) is 4.76. The SMILES string of the molecule is CC(C)c1ccc(OCC(=O)Nc2cccc(C(=O)NCc3ccccc3)c2)cc1. The number of ether oxygens (including phenoxy) is 1. The summed E-state index contributed by atoms with van der Waals surface area (Å²) in [6, 6.07) is 24.2. The summed E-state index contributed by atoms with van der Waals surface area (Å²) in [6.45, 7) is 4.59. The van der Waals surface area contributed by atoms with E-state index >= 15 is 0 Å². The number of benzene rings is 3. The molecule has 30 heavy (non-hydrogen) atoms. The molecule has 0 spiro atoms. The number of anilines is 1. The second kappa shape index (κ2) is 10.3. The van der Waals surface area contributed by atoms with Gasteiger partial charge in [-0.15, -0.1) is 0 Å². The Hall–Kier alpha value is -3.60. The van der Waals surface area contributed by atoms with Crippen molar-refractivity contribution >= 4 is 17.5 Å². The van der Waals surface area contributed by atoms with E-state index < -0.39 is 0 Å². The molecule has 2 N–H and O–H groups in total. The molecule has 3 aromatic carbocycles. The highest BCUT2D eigenvalue weighted by Gasteiger charge is 2.09. The van der Waals surface area contributed by atoms with Gasteiger partial charge < -0.3 is 15.4 Å². The molecule has 3 aromatic rings. The molecule has 0 bridgehead atoms. The Labute approximate surface area is 177 Å². The minimum atomic E-state index is -0.287. The number of nitrogens with one attached hydrogen (secondary N) is 2. The summed E-state index contributed by atoms with van der Waals surface area (Å²) in [6.07, 6.45) is 0. The van der Waals surface area contributed by atoms with Crippen molar-refractivity contribution < 1.29 is 14.3 Å². The third kappa shape index (κ3) is 6.21. The van der Waals surface area contributed by atoms with Crippen LogP contribution in [0.3, 0.4) is 0 Å². The smallest absolute Gasteiger partial charge is 0.262 e. The molecule has 0 heterocycles. The van der Waals surface area contributed by atoms with Crippen LogP contribution in [0.15, 0.2) is 78.9 Å². The van der Waals surface area contributed by atoms with Crippen LogP contribution in [0.5, 0.6) is 5.75 Å². The molecule has 5 heteroatoms. The first-order valence-electron chi connectivity index (χ1n) is 9.96. The highest BCUT2D eigenvalue weighted by atomic mass is 16.5. The molecule has 3 rings (SSSR count). The fourth-order valence-corrected chi connectivity index (χ4v) is 2.91. The molecule has 0 saturated heterocycles. The van der Waals surface area contributed by atoms with Gasteiger partial charge in [0.05, 0.1) is 0 Å². The van der Waals surface area contributed by atoms with Crippen molar-refractivity contribution in [3.05, 3.63) is 95.6 Å². The average molecular weight is 402 g/mol. The van der Waals surface area contributed by atoms with Crippen LogP contribution in [0.25, 0.3) is 0 Å². The molecule has 0 saturated carbocycles. The Bertz CT molecular complexity index is 983.